The number of hydrogen-bond acceptors (Lipinski definition) is 10. The van der Waals surface area contributed by atoms with Gasteiger partial charge < -0.3 is 29.5 Å². The Kier molecular flexibility index (Phi) is 10.5. The van der Waals surface area contributed by atoms with Crippen molar-refractivity contribution in [2.75, 3.05) is 50.1 Å². The summed E-state index contributed by atoms with van der Waals surface area (Å²) < 4.78 is 46.1. The predicted molar refractivity (Wildman–Crippen MR) is 176 cm³/mol. The van der Waals surface area contributed by atoms with Crippen LogP contribution in [-0.2, 0) is 28.7 Å². The summed E-state index contributed by atoms with van der Waals surface area (Å²) in [6.07, 6.45) is 1.66. The van der Waals surface area contributed by atoms with E-state index in [4.69, 9.17) is 16.3 Å². The standard InChI is InChI=1S/C32H32ClF3N8O5/c1-4-23-27(42-9-11-43(12-10-42)31(48)26-28(46)18(2)38-17-39-26)29(47)25-30(37-15-20(40-25)6-5-13-49-3)44(23)16-24(45)41-22-8-7-19(14-21(22)33)32(34,35)36/h5-8,14-15,17,46H,4,9-13,16H2,1-3H3,(H,41,45)/b6-5+. The summed E-state index contributed by atoms with van der Waals surface area (Å²) in [4.78, 5) is 60.9. The number of amides is 2. The Morgan fingerprint density at radius 1 is 1.14 bits per heavy atom. The van der Waals surface area contributed by atoms with Crippen LogP contribution >= 0.6 is 11.6 Å². The molecule has 0 unspecified atom stereocenters. The average molecular weight is 701 g/mol. The second-order valence-corrected chi connectivity index (χ2v) is 11.5. The number of pyridine rings is 1. The molecule has 0 saturated carbocycles. The molecule has 2 N–H and O–H groups in total. The Morgan fingerprint density at radius 3 is 2.53 bits per heavy atom. The van der Waals surface area contributed by atoms with Crippen molar-refractivity contribution in [1.29, 1.82) is 0 Å². The minimum Gasteiger partial charge on any atom is -0.504 e. The molecule has 5 rings (SSSR count). The van der Waals surface area contributed by atoms with Gasteiger partial charge in [-0.1, -0.05) is 24.6 Å². The van der Waals surface area contributed by atoms with E-state index in [0.717, 1.165) is 18.2 Å². The van der Waals surface area contributed by atoms with Crippen LogP contribution in [0.2, 0.25) is 5.02 Å². The molecule has 0 atom stereocenters. The number of fused-ring (bicyclic) bond motifs is 1. The Hall–Kier alpha value is -5.09. The molecule has 0 aliphatic carbocycles. The van der Waals surface area contributed by atoms with Gasteiger partial charge in [-0.2, -0.15) is 13.2 Å². The summed E-state index contributed by atoms with van der Waals surface area (Å²) in [6, 6.07) is 2.61. The molecule has 4 heterocycles. The molecule has 49 heavy (non-hydrogen) atoms. The van der Waals surface area contributed by atoms with Crippen molar-refractivity contribution >= 4 is 52.0 Å². The minimum atomic E-state index is -4.61. The number of methoxy groups -OCH3 is 1. The van der Waals surface area contributed by atoms with Gasteiger partial charge >= 0.3 is 6.18 Å². The lowest BCUT2D eigenvalue weighted by molar-refractivity contribution is -0.137. The number of aromatic hydroxyl groups is 1. The zero-order chi connectivity index (χ0) is 35.5. The molecule has 3 aromatic heterocycles. The monoisotopic (exact) mass is 700 g/mol. The highest BCUT2D eigenvalue weighted by Crippen LogP contribution is 2.34. The number of carbonyl (C=O) groups excluding carboxylic acids is 2. The molecular weight excluding hydrogens is 669 g/mol. The molecule has 1 aliphatic rings. The van der Waals surface area contributed by atoms with E-state index in [1.54, 1.807) is 30.6 Å². The van der Waals surface area contributed by atoms with Gasteiger partial charge in [0.15, 0.2) is 22.6 Å². The highest BCUT2D eigenvalue weighted by atomic mass is 35.5. The van der Waals surface area contributed by atoms with Gasteiger partial charge in [-0.3, -0.25) is 14.4 Å². The van der Waals surface area contributed by atoms with Crippen molar-refractivity contribution in [3.63, 3.8) is 0 Å². The van der Waals surface area contributed by atoms with Crippen LogP contribution in [0.1, 0.15) is 40.1 Å². The van der Waals surface area contributed by atoms with E-state index < -0.39 is 29.0 Å². The van der Waals surface area contributed by atoms with Crippen LogP contribution < -0.4 is 15.6 Å². The number of rotatable bonds is 9. The summed E-state index contributed by atoms with van der Waals surface area (Å²) in [7, 11) is 1.53. The largest absolute Gasteiger partial charge is 0.504 e. The first-order chi connectivity index (χ1) is 23.3. The molecule has 1 fully saturated rings. The van der Waals surface area contributed by atoms with Crippen LogP contribution in [0.5, 0.6) is 5.75 Å². The Morgan fingerprint density at radius 2 is 1.88 bits per heavy atom. The number of hydrogen-bond donors (Lipinski definition) is 2. The molecule has 13 nitrogen and oxygen atoms in total. The van der Waals surface area contributed by atoms with Crippen LogP contribution in [0.15, 0.2) is 41.6 Å². The van der Waals surface area contributed by atoms with Crippen LogP contribution in [0.25, 0.3) is 17.2 Å². The number of aryl methyl sites for hydroxylation is 1. The SMILES string of the molecule is CCc1c(N2CCN(C(=O)c3ncnc(C)c3O)CC2)c(=O)c2nc(/C=C/COC)cnc2n1CC(=O)Nc1ccc(C(F)(F)F)cc1Cl. The fraction of sp³-hybridized carbons (Fsp3) is 0.344. The molecule has 17 heteroatoms. The van der Waals surface area contributed by atoms with E-state index in [9.17, 15) is 32.7 Å². The molecular formula is C32H32ClF3N8O5. The first-order valence-electron chi connectivity index (χ1n) is 15.1. The van der Waals surface area contributed by atoms with Crippen LogP contribution in [-0.4, -0.2) is 86.2 Å². The van der Waals surface area contributed by atoms with E-state index in [-0.39, 0.29) is 77.4 Å². The van der Waals surface area contributed by atoms with E-state index in [1.807, 2.05) is 4.90 Å². The molecule has 1 saturated heterocycles. The van der Waals surface area contributed by atoms with Crippen LogP contribution in [0.3, 0.4) is 0 Å². The van der Waals surface area contributed by atoms with Gasteiger partial charge in [0, 0.05) is 39.0 Å². The molecule has 1 aromatic carbocycles. The number of halogens is 4. The number of benzene rings is 1. The fourth-order valence-corrected chi connectivity index (χ4v) is 5.71. The lowest BCUT2D eigenvalue weighted by Gasteiger charge is -2.37. The van der Waals surface area contributed by atoms with Gasteiger partial charge in [-0.15, -0.1) is 0 Å². The molecule has 0 spiro atoms. The first-order valence-corrected chi connectivity index (χ1v) is 15.5. The van der Waals surface area contributed by atoms with Gasteiger partial charge in [0.05, 0.1) is 40.5 Å². The van der Waals surface area contributed by atoms with Gasteiger partial charge in [0.1, 0.15) is 18.6 Å². The van der Waals surface area contributed by atoms with E-state index >= 15 is 0 Å². The van der Waals surface area contributed by atoms with Gasteiger partial charge in [0.2, 0.25) is 11.3 Å². The average Bonchev–Trinajstić information content (AvgIpc) is 3.07. The molecule has 0 radical (unpaired) electrons. The maximum absolute atomic E-state index is 14.1. The third-order valence-electron chi connectivity index (χ3n) is 7.91. The number of aromatic nitrogens is 5. The Bertz CT molecular complexity index is 1990. The summed E-state index contributed by atoms with van der Waals surface area (Å²) in [6.45, 7) is 4.15. The van der Waals surface area contributed by atoms with Crippen LogP contribution in [0.4, 0.5) is 24.5 Å². The molecule has 1 aliphatic heterocycles. The maximum Gasteiger partial charge on any atom is 0.416 e. The zero-order valence-electron chi connectivity index (χ0n) is 26.7. The molecule has 2 amide bonds. The predicted octanol–water partition coefficient (Wildman–Crippen LogP) is 4.09. The molecule has 4 aromatic rings. The third-order valence-corrected chi connectivity index (χ3v) is 8.22. The second kappa shape index (κ2) is 14.6. The normalized spacial score (nSPS) is 13.8. The van der Waals surface area contributed by atoms with Crippen molar-refractivity contribution in [3.05, 3.63) is 80.4 Å². The fourth-order valence-electron chi connectivity index (χ4n) is 5.48. The Labute approximate surface area is 283 Å². The second-order valence-electron chi connectivity index (χ2n) is 11.1. The van der Waals surface area contributed by atoms with Gasteiger partial charge in [0.25, 0.3) is 5.91 Å². The summed E-state index contributed by atoms with van der Waals surface area (Å²) in [5.74, 6) is -1.41. The van der Waals surface area contributed by atoms with E-state index in [2.05, 4.69) is 25.3 Å². The number of ether oxygens (including phenoxy) is 1. The number of piperazine rings is 1. The number of anilines is 2. The maximum atomic E-state index is 14.1. The summed E-state index contributed by atoms with van der Waals surface area (Å²) in [5, 5.41) is 12.6. The number of alkyl halides is 3. The minimum absolute atomic E-state index is 0.00739. The zero-order valence-corrected chi connectivity index (χ0v) is 27.5. The highest BCUT2D eigenvalue weighted by Gasteiger charge is 2.32. The number of nitrogens with zero attached hydrogens (tertiary/aromatic N) is 7. The van der Waals surface area contributed by atoms with Crippen molar-refractivity contribution in [3.8, 4) is 5.75 Å². The van der Waals surface area contributed by atoms with Gasteiger partial charge in [-0.25, -0.2) is 19.9 Å². The summed E-state index contributed by atoms with van der Waals surface area (Å²) >= 11 is 6.09. The number of nitrogens with one attached hydrogen (secondary N) is 1. The van der Waals surface area contributed by atoms with Crippen molar-refractivity contribution < 1.29 is 32.6 Å². The molecule has 0 bridgehead atoms. The smallest absolute Gasteiger partial charge is 0.416 e. The highest BCUT2D eigenvalue weighted by molar-refractivity contribution is 6.33. The first kappa shape index (κ1) is 35.2. The van der Waals surface area contributed by atoms with Crippen molar-refractivity contribution in [2.45, 2.75) is 33.0 Å². The lowest BCUT2D eigenvalue weighted by Crippen LogP contribution is -2.50. The third kappa shape index (κ3) is 7.49. The van der Waals surface area contributed by atoms with E-state index in [0.29, 0.717) is 24.4 Å². The number of carbonyl (C=O) groups is 2. The molecule has 258 valence electrons. The lowest BCUT2D eigenvalue weighted by atomic mass is 10.1. The quantitative estimate of drug-likeness (QED) is 0.261. The van der Waals surface area contributed by atoms with E-state index in [1.165, 1.54) is 24.5 Å². The topological polar surface area (TPSA) is 156 Å². The van der Waals surface area contributed by atoms with Crippen LogP contribution in [0, 0.1) is 6.92 Å². The van der Waals surface area contributed by atoms with Gasteiger partial charge in [-0.05, 0) is 37.6 Å². The summed E-state index contributed by atoms with van der Waals surface area (Å²) in [5.41, 5.74) is -0.0227. The van der Waals surface area contributed by atoms with Crippen molar-refractivity contribution in [1.82, 2.24) is 29.4 Å². The van der Waals surface area contributed by atoms with Crippen molar-refractivity contribution in [2.24, 2.45) is 0 Å². The Balaban J connectivity index is 1.50.